The van der Waals surface area contributed by atoms with Gasteiger partial charge in [-0.05, 0) is 46.3 Å². The van der Waals surface area contributed by atoms with Gasteiger partial charge in [0.25, 0.3) is 0 Å². The zero-order valence-electron chi connectivity index (χ0n) is 12.4. The average Bonchev–Trinajstić information content (AvgIpc) is 2.56. The van der Waals surface area contributed by atoms with Crippen LogP contribution in [-0.4, -0.2) is 55.4 Å². The molecular weight excluding hydrogens is 224 g/mol. The van der Waals surface area contributed by atoms with Crippen LogP contribution in [0.2, 0.25) is 0 Å². The Balaban J connectivity index is 1.88. The van der Waals surface area contributed by atoms with Gasteiger partial charge < -0.3 is 9.80 Å². The van der Waals surface area contributed by atoms with Gasteiger partial charge in [0.1, 0.15) is 5.78 Å². The molecule has 0 spiro atoms. The van der Waals surface area contributed by atoms with E-state index < -0.39 is 0 Å². The van der Waals surface area contributed by atoms with Gasteiger partial charge in [-0.15, -0.1) is 0 Å². The standard InChI is InChI=1S/C15H28N2O/c1-15(2)8-7-12(14(15)18)10-17(4)13-6-5-9-16(3)11-13/h12-13H,5-11H2,1-4H3. The van der Waals surface area contributed by atoms with Crippen molar-refractivity contribution in [3.05, 3.63) is 0 Å². The molecule has 2 fully saturated rings. The maximum Gasteiger partial charge on any atom is 0.142 e. The van der Waals surface area contributed by atoms with Crippen molar-refractivity contribution in [2.75, 3.05) is 33.7 Å². The quantitative estimate of drug-likeness (QED) is 0.768. The second-order valence-electron chi connectivity index (χ2n) is 6.98. The molecule has 0 bridgehead atoms. The molecule has 3 nitrogen and oxygen atoms in total. The predicted molar refractivity (Wildman–Crippen MR) is 74.7 cm³/mol. The lowest BCUT2D eigenvalue weighted by Crippen LogP contribution is -2.47. The van der Waals surface area contributed by atoms with Crippen LogP contribution >= 0.6 is 0 Å². The number of rotatable bonds is 3. The lowest BCUT2D eigenvalue weighted by molar-refractivity contribution is -0.128. The summed E-state index contributed by atoms with van der Waals surface area (Å²) in [7, 11) is 4.40. The third-order valence-electron chi connectivity index (χ3n) is 4.89. The summed E-state index contributed by atoms with van der Waals surface area (Å²) < 4.78 is 0. The first kappa shape index (κ1) is 14.0. The summed E-state index contributed by atoms with van der Waals surface area (Å²) in [5.74, 6) is 0.760. The molecule has 0 amide bonds. The van der Waals surface area contributed by atoms with E-state index in [-0.39, 0.29) is 11.3 Å². The average molecular weight is 252 g/mol. The van der Waals surface area contributed by atoms with Gasteiger partial charge in [-0.3, -0.25) is 4.79 Å². The van der Waals surface area contributed by atoms with Crippen molar-refractivity contribution in [1.82, 2.24) is 9.80 Å². The SMILES string of the molecule is CN1CCCC(N(C)CC2CCC(C)(C)C2=O)C1. The normalized spacial score (nSPS) is 33.3. The molecule has 2 unspecified atom stereocenters. The molecule has 2 aliphatic rings. The lowest BCUT2D eigenvalue weighted by Gasteiger charge is -2.36. The van der Waals surface area contributed by atoms with E-state index in [0.29, 0.717) is 11.8 Å². The highest BCUT2D eigenvalue weighted by Crippen LogP contribution is 2.38. The summed E-state index contributed by atoms with van der Waals surface area (Å²) >= 11 is 0. The van der Waals surface area contributed by atoms with E-state index in [0.717, 1.165) is 25.9 Å². The van der Waals surface area contributed by atoms with Gasteiger partial charge in [0, 0.05) is 30.5 Å². The fraction of sp³-hybridized carbons (Fsp3) is 0.933. The Morgan fingerprint density at radius 3 is 2.67 bits per heavy atom. The molecule has 1 saturated carbocycles. The van der Waals surface area contributed by atoms with Crippen LogP contribution in [0.3, 0.4) is 0 Å². The first-order valence-electron chi connectivity index (χ1n) is 7.33. The van der Waals surface area contributed by atoms with Gasteiger partial charge in [0.05, 0.1) is 0 Å². The largest absolute Gasteiger partial charge is 0.305 e. The molecule has 1 heterocycles. The van der Waals surface area contributed by atoms with Gasteiger partial charge in [-0.2, -0.15) is 0 Å². The zero-order chi connectivity index (χ0) is 13.3. The number of hydrogen-bond acceptors (Lipinski definition) is 3. The fourth-order valence-corrected chi connectivity index (χ4v) is 3.51. The molecule has 3 heteroatoms. The maximum absolute atomic E-state index is 12.3. The van der Waals surface area contributed by atoms with Crippen molar-refractivity contribution in [3.8, 4) is 0 Å². The Morgan fingerprint density at radius 2 is 2.11 bits per heavy atom. The van der Waals surface area contributed by atoms with Gasteiger partial charge in [0.15, 0.2) is 0 Å². The first-order chi connectivity index (χ1) is 8.40. The molecule has 1 aliphatic heterocycles. The van der Waals surface area contributed by atoms with Crippen molar-refractivity contribution >= 4 is 5.78 Å². The molecule has 18 heavy (non-hydrogen) atoms. The highest BCUT2D eigenvalue weighted by molar-refractivity contribution is 5.88. The minimum Gasteiger partial charge on any atom is -0.305 e. The molecule has 1 saturated heterocycles. The van der Waals surface area contributed by atoms with Crippen LogP contribution in [0.15, 0.2) is 0 Å². The molecule has 0 radical (unpaired) electrons. The van der Waals surface area contributed by atoms with Crippen LogP contribution in [0.5, 0.6) is 0 Å². The van der Waals surface area contributed by atoms with Crippen LogP contribution in [-0.2, 0) is 4.79 Å². The molecule has 1 aliphatic carbocycles. The minimum atomic E-state index is -0.0745. The van der Waals surface area contributed by atoms with E-state index in [4.69, 9.17) is 0 Å². The number of Topliss-reactive ketones (excluding diaryl/α,β-unsaturated/α-hetero) is 1. The van der Waals surface area contributed by atoms with E-state index in [2.05, 4.69) is 37.7 Å². The van der Waals surface area contributed by atoms with Crippen molar-refractivity contribution in [1.29, 1.82) is 0 Å². The topological polar surface area (TPSA) is 23.6 Å². The summed E-state index contributed by atoms with van der Waals surface area (Å²) in [6, 6.07) is 0.639. The minimum absolute atomic E-state index is 0.0745. The number of carbonyl (C=O) groups excluding carboxylic acids is 1. The highest BCUT2D eigenvalue weighted by Gasteiger charge is 2.41. The van der Waals surface area contributed by atoms with E-state index in [1.165, 1.54) is 19.4 Å². The van der Waals surface area contributed by atoms with Crippen LogP contribution < -0.4 is 0 Å². The van der Waals surface area contributed by atoms with Crippen molar-refractivity contribution in [2.24, 2.45) is 11.3 Å². The summed E-state index contributed by atoms with van der Waals surface area (Å²) in [4.78, 5) is 17.1. The summed E-state index contributed by atoms with van der Waals surface area (Å²) in [5, 5.41) is 0. The van der Waals surface area contributed by atoms with Crippen molar-refractivity contribution in [2.45, 2.75) is 45.6 Å². The third-order valence-corrected chi connectivity index (χ3v) is 4.89. The van der Waals surface area contributed by atoms with Crippen molar-refractivity contribution in [3.63, 3.8) is 0 Å². The molecule has 0 aromatic rings. The van der Waals surface area contributed by atoms with Gasteiger partial charge in [-0.25, -0.2) is 0 Å². The second-order valence-corrected chi connectivity index (χ2v) is 6.98. The lowest BCUT2D eigenvalue weighted by atomic mass is 9.89. The number of piperidine rings is 1. The number of likely N-dealkylation sites (N-methyl/N-ethyl adjacent to an activating group) is 2. The van der Waals surface area contributed by atoms with Crippen LogP contribution in [0, 0.1) is 11.3 Å². The Morgan fingerprint density at radius 1 is 1.39 bits per heavy atom. The van der Waals surface area contributed by atoms with Crippen LogP contribution in [0.1, 0.15) is 39.5 Å². The third kappa shape index (κ3) is 2.94. The Kier molecular flexibility index (Phi) is 4.12. The molecule has 104 valence electrons. The molecule has 2 rings (SSSR count). The summed E-state index contributed by atoms with van der Waals surface area (Å²) in [6.07, 6.45) is 4.72. The zero-order valence-corrected chi connectivity index (χ0v) is 12.4. The number of hydrogen-bond donors (Lipinski definition) is 0. The van der Waals surface area contributed by atoms with E-state index in [1.807, 2.05) is 0 Å². The number of nitrogens with zero attached hydrogens (tertiary/aromatic N) is 2. The van der Waals surface area contributed by atoms with Crippen molar-refractivity contribution < 1.29 is 4.79 Å². The van der Waals surface area contributed by atoms with E-state index in [9.17, 15) is 4.79 Å². The number of ketones is 1. The molecule has 2 atom stereocenters. The first-order valence-corrected chi connectivity index (χ1v) is 7.33. The van der Waals surface area contributed by atoms with Gasteiger partial charge >= 0.3 is 0 Å². The van der Waals surface area contributed by atoms with E-state index in [1.54, 1.807) is 0 Å². The van der Waals surface area contributed by atoms with E-state index >= 15 is 0 Å². The van der Waals surface area contributed by atoms with Gasteiger partial charge in [0.2, 0.25) is 0 Å². The summed E-state index contributed by atoms with van der Waals surface area (Å²) in [6.45, 7) is 7.54. The molecular formula is C15H28N2O. The summed E-state index contributed by atoms with van der Waals surface area (Å²) in [5.41, 5.74) is -0.0745. The van der Waals surface area contributed by atoms with Crippen LogP contribution in [0.25, 0.3) is 0 Å². The second kappa shape index (κ2) is 5.30. The molecule has 0 aromatic heterocycles. The van der Waals surface area contributed by atoms with Gasteiger partial charge in [-0.1, -0.05) is 13.8 Å². The molecule has 0 aromatic carbocycles. The number of likely N-dealkylation sites (tertiary alicyclic amines) is 1. The monoisotopic (exact) mass is 252 g/mol. The predicted octanol–water partition coefficient (Wildman–Crippen LogP) is 2.02. The van der Waals surface area contributed by atoms with Crippen LogP contribution in [0.4, 0.5) is 0 Å². The Labute approximate surface area is 112 Å². The highest BCUT2D eigenvalue weighted by atomic mass is 16.1. The number of carbonyl (C=O) groups is 1. The fourth-order valence-electron chi connectivity index (χ4n) is 3.51. The Hall–Kier alpha value is -0.410. The molecule has 0 N–H and O–H groups in total. The maximum atomic E-state index is 12.3. The smallest absolute Gasteiger partial charge is 0.142 e. The Bertz CT molecular complexity index is 314.